The summed E-state index contributed by atoms with van der Waals surface area (Å²) in [5.74, 6) is 0.615. The van der Waals surface area contributed by atoms with E-state index in [1.165, 1.54) is 6.08 Å². The predicted molar refractivity (Wildman–Crippen MR) is 89.9 cm³/mol. The van der Waals surface area contributed by atoms with E-state index in [2.05, 4.69) is 10.2 Å². The molecule has 0 aliphatic rings. The van der Waals surface area contributed by atoms with E-state index in [0.29, 0.717) is 11.6 Å². The second-order valence-electron chi connectivity index (χ2n) is 5.12. The summed E-state index contributed by atoms with van der Waals surface area (Å²) in [6.07, 6.45) is 5.18. The van der Waals surface area contributed by atoms with E-state index in [-0.39, 0.29) is 5.91 Å². The zero-order valence-corrected chi connectivity index (χ0v) is 13.3. The van der Waals surface area contributed by atoms with E-state index in [4.69, 9.17) is 11.6 Å². The van der Waals surface area contributed by atoms with E-state index >= 15 is 0 Å². The fourth-order valence-corrected chi connectivity index (χ4v) is 2.28. The number of benzene rings is 1. The molecule has 1 amide bonds. The highest BCUT2D eigenvalue weighted by Crippen LogP contribution is 2.11. The lowest BCUT2D eigenvalue weighted by Gasteiger charge is -2.13. The van der Waals surface area contributed by atoms with Crippen molar-refractivity contribution in [3.05, 3.63) is 71.1 Å². The Hall–Kier alpha value is -2.66. The number of nitrogens with zero attached hydrogens (tertiary/aromatic N) is 4. The summed E-state index contributed by atoms with van der Waals surface area (Å²) in [6.45, 7) is 0.384. The first-order valence-corrected chi connectivity index (χ1v) is 7.49. The fourth-order valence-electron chi connectivity index (χ4n) is 2.16. The third kappa shape index (κ3) is 3.57. The monoisotopic (exact) mass is 326 g/mol. The van der Waals surface area contributed by atoms with Crippen molar-refractivity contribution in [1.29, 1.82) is 0 Å². The van der Waals surface area contributed by atoms with Crippen LogP contribution >= 0.6 is 11.6 Å². The van der Waals surface area contributed by atoms with Gasteiger partial charge >= 0.3 is 0 Å². The van der Waals surface area contributed by atoms with Gasteiger partial charge in [-0.2, -0.15) is 0 Å². The Bertz CT molecular complexity index is 854. The van der Waals surface area contributed by atoms with E-state index < -0.39 is 0 Å². The lowest BCUT2D eigenvalue weighted by Crippen LogP contribution is -2.25. The number of fused-ring (bicyclic) bond motifs is 1. The summed E-state index contributed by atoms with van der Waals surface area (Å²) in [5.41, 5.74) is 1.68. The summed E-state index contributed by atoms with van der Waals surface area (Å²) in [6, 6.07) is 13.0. The number of halogens is 1. The second kappa shape index (κ2) is 6.62. The van der Waals surface area contributed by atoms with Crippen LogP contribution < -0.4 is 0 Å². The molecule has 1 aromatic carbocycles. The zero-order chi connectivity index (χ0) is 16.2. The number of pyridine rings is 1. The van der Waals surface area contributed by atoms with Crippen LogP contribution in [0.1, 0.15) is 11.4 Å². The van der Waals surface area contributed by atoms with Gasteiger partial charge in [-0.15, -0.1) is 10.2 Å². The molecule has 5 nitrogen and oxygen atoms in total. The first-order chi connectivity index (χ1) is 11.1. The third-order valence-corrected chi connectivity index (χ3v) is 3.68. The van der Waals surface area contributed by atoms with Gasteiger partial charge in [0.15, 0.2) is 11.5 Å². The van der Waals surface area contributed by atoms with Crippen LogP contribution in [-0.2, 0) is 11.3 Å². The molecule has 0 saturated heterocycles. The molecule has 0 radical (unpaired) electrons. The number of rotatable bonds is 4. The quantitative estimate of drug-likeness (QED) is 0.692. The maximum absolute atomic E-state index is 12.2. The molecule has 6 heteroatoms. The summed E-state index contributed by atoms with van der Waals surface area (Å²) >= 11 is 5.84. The summed E-state index contributed by atoms with van der Waals surface area (Å²) < 4.78 is 1.87. The number of hydrogen-bond donors (Lipinski definition) is 0. The van der Waals surface area contributed by atoms with Gasteiger partial charge in [0, 0.05) is 24.3 Å². The molecule has 2 heterocycles. The lowest BCUT2D eigenvalue weighted by atomic mass is 10.2. The average Bonchev–Trinajstić information content (AvgIpc) is 2.97. The van der Waals surface area contributed by atoms with E-state index in [1.54, 1.807) is 30.2 Å². The molecule has 0 aliphatic carbocycles. The molecule has 0 atom stereocenters. The van der Waals surface area contributed by atoms with Crippen LogP contribution in [0.15, 0.2) is 54.7 Å². The van der Waals surface area contributed by atoms with Crippen molar-refractivity contribution >= 4 is 29.2 Å². The van der Waals surface area contributed by atoms with Crippen LogP contribution in [0.3, 0.4) is 0 Å². The standard InChI is InChI=1S/C17H15ClN4O/c1-21(12-16-20-19-15-4-2-3-11-22(15)16)17(23)10-7-13-5-8-14(18)9-6-13/h2-11H,12H2,1H3/b10-7-. The Morgan fingerprint density at radius 2 is 2.00 bits per heavy atom. The minimum atomic E-state index is -0.104. The molecular formula is C17H15ClN4O. The number of carbonyl (C=O) groups is 1. The highest BCUT2D eigenvalue weighted by Gasteiger charge is 2.10. The van der Waals surface area contributed by atoms with Gasteiger partial charge in [0.2, 0.25) is 5.91 Å². The van der Waals surface area contributed by atoms with Crippen LogP contribution in [0.4, 0.5) is 0 Å². The number of aromatic nitrogens is 3. The van der Waals surface area contributed by atoms with Crippen molar-refractivity contribution < 1.29 is 4.79 Å². The largest absolute Gasteiger partial charge is 0.335 e. The van der Waals surface area contributed by atoms with Gasteiger partial charge in [-0.25, -0.2) is 0 Å². The predicted octanol–water partition coefficient (Wildman–Crippen LogP) is 3.05. The van der Waals surface area contributed by atoms with Crippen LogP contribution in [0, 0.1) is 0 Å². The van der Waals surface area contributed by atoms with Crippen molar-refractivity contribution in [2.75, 3.05) is 7.05 Å². The summed E-state index contributed by atoms with van der Waals surface area (Å²) in [4.78, 5) is 13.8. The number of carbonyl (C=O) groups excluding carboxylic acids is 1. The molecule has 3 rings (SSSR count). The molecule has 0 N–H and O–H groups in total. The number of hydrogen-bond acceptors (Lipinski definition) is 3. The highest BCUT2D eigenvalue weighted by atomic mass is 35.5. The maximum atomic E-state index is 12.2. The minimum absolute atomic E-state index is 0.104. The van der Waals surface area contributed by atoms with E-state index in [1.807, 2.05) is 40.9 Å². The van der Waals surface area contributed by atoms with Crippen molar-refractivity contribution in [3.8, 4) is 0 Å². The molecule has 116 valence electrons. The molecule has 23 heavy (non-hydrogen) atoms. The molecule has 0 aliphatic heterocycles. The molecule has 0 fully saturated rings. The molecule has 0 spiro atoms. The van der Waals surface area contributed by atoms with Gasteiger partial charge < -0.3 is 4.90 Å². The molecule has 2 aromatic heterocycles. The topological polar surface area (TPSA) is 50.5 Å². The first kappa shape index (κ1) is 15.2. The van der Waals surface area contributed by atoms with Crippen LogP contribution in [0.5, 0.6) is 0 Å². The van der Waals surface area contributed by atoms with Gasteiger partial charge in [0.05, 0.1) is 6.54 Å². The first-order valence-electron chi connectivity index (χ1n) is 7.11. The van der Waals surface area contributed by atoms with Crippen molar-refractivity contribution in [2.45, 2.75) is 6.54 Å². The van der Waals surface area contributed by atoms with Crippen molar-refractivity contribution in [1.82, 2.24) is 19.5 Å². The highest BCUT2D eigenvalue weighted by molar-refractivity contribution is 6.30. The van der Waals surface area contributed by atoms with Gasteiger partial charge in [-0.05, 0) is 35.9 Å². The lowest BCUT2D eigenvalue weighted by molar-refractivity contribution is -0.125. The Morgan fingerprint density at radius 3 is 2.78 bits per heavy atom. The Morgan fingerprint density at radius 1 is 1.22 bits per heavy atom. The molecule has 0 saturated carbocycles. The van der Waals surface area contributed by atoms with Crippen LogP contribution in [-0.4, -0.2) is 32.5 Å². The number of likely N-dealkylation sites (N-methyl/N-ethyl adjacent to an activating group) is 1. The molecule has 0 unspecified atom stereocenters. The maximum Gasteiger partial charge on any atom is 0.246 e. The molecule has 3 aromatic rings. The molecular weight excluding hydrogens is 312 g/mol. The SMILES string of the molecule is CN(Cc1nnc2ccccn12)C(=O)/C=C\c1ccc(Cl)cc1. The van der Waals surface area contributed by atoms with Crippen LogP contribution in [0.25, 0.3) is 11.7 Å². The number of amides is 1. The van der Waals surface area contributed by atoms with E-state index in [9.17, 15) is 4.79 Å². The smallest absolute Gasteiger partial charge is 0.246 e. The minimum Gasteiger partial charge on any atom is -0.335 e. The second-order valence-corrected chi connectivity index (χ2v) is 5.56. The zero-order valence-electron chi connectivity index (χ0n) is 12.6. The third-order valence-electron chi connectivity index (χ3n) is 3.43. The van der Waals surface area contributed by atoms with Crippen LogP contribution in [0.2, 0.25) is 5.02 Å². The van der Waals surface area contributed by atoms with Crippen molar-refractivity contribution in [2.24, 2.45) is 0 Å². The van der Waals surface area contributed by atoms with E-state index in [0.717, 1.165) is 17.0 Å². The van der Waals surface area contributed by atoms with Gasteiger partial charge in [-0.3, -0.25) is 9.20 Å². The summed E-state index contributed by atoms with van der Waals surface area (Å²) in [5, 5.41) is 8.87. The molecule has 0 bridgehead atoms. The Balaban J connectivity index is 1.69. The van der Waals surface area contributed by atoms with Gasteiger partial charge in [-0.1, -0.05) is 29.8 Å². The van der Waals surface area contributed by atoms with Crippen molar-refractivity contribution in [3.63, 3.8) is 0 Å². The fraction of sp³-hybridized carbons (Fsp3) is 0.118. The van der Waals surface area contributed by atoms with Gasteiger partial charge in [0.1, 0.15) is 0 Å². The Kier molecular flexibility index (Phi) is 4.39. The average molecular weight is 327 g/mol. The summed E-state index contributed by atoms with van der Waals surface area (Å²) in [7, 11) is 1.73. The van der Waals surface area contributed by atoms with Gasteiger partial charge in [0.25, 0.3) is 0 Å². The Labute approximate surface area is 138 Å². The normalized spacial score (nSPS) is 11.2.